The highest BCUT2D eigenvalue weighted by atomic mass is 16.1. The Morgan fingerprint density at radius 2 is 1.97 bits per heavy atom. The maximum Gasteiger partial charge on any atom is 0.251 e. The molecule has 0 bridgehead atoms. The topological polar surface area (TPSA) is 72.7 Å². The average molecular weight is 426 g/mol. The van der Waals surface area contributed by atoms with E-state index in [9.17, 15) is 4.79 Å². The Kier molecular flexibility index (Phi) is 5.43. The summed E-state index contributed by atoms with van der Waals surface area (Å²) in [6.45, 7) is 5.11. The lowest BCUT2D eigenvalue weighted by Gasteiger charge is -2.15. The van der Waals surface area contributed by atoms with E-state index in [0.717, 1.165) is 65.6 Å². The normalized spacial score (nSPS) is 13.0. The van der Waals surface area contributed by atoms with Gasteiger partial charge in [-0.2, -0.15) is 5.10 Å². The lowest BCUT2D eigenvalue weighted by atomic mass is 9.96. The van der Waals surface area contributed by atoms with Crippen molar-refractivity contribution in [3.8, 4) is 22.5 Å². The number of amides is 1. The van der Waals surface area contributed by atoms with Gasteiger partial charge in [0, 0.05) is 47.2 Å². The van der Waals surface area contributed by atoms with Gasteiger partial charge in [0.25, 0.3) is 5.91 Å². The maximum absolute atomic E-state index is 12.8. The summed E-state index contributed by atoms with van der Waals surface area (Å²) in [6, 6.07) is 14.0. The van der Waals surface area contributed by atoms with Gasteiger partial charge in [-0.25, -0.2) is 0 Å². The molecule has 0 saturated heterocycles. The molecule has 0 saturated carbocycles. The van der Waals surface area contributed by atoms with E-state index < -0.39 is 0 Å². The molecule has 0 spiro atoms. The maximum atomic E-state index is 12.8. The van der Waals surface area contributed by atoms with Gasteiger partial charge >= 0.3 is 0 Å². The number of hydrogen-bond acceptors (Lipinski definition) is 4. The van der Waals surface area contributed by atoms with Crippen LogP contribution in [0.2, 0.25) is 0 Å². The third-order valence-corrected chi connectivity index (χ3v) is 6.34. The number of benzene rings is 1. The van der Waals surface area contributed by atoms with Crippen molar-refractivity contribution in [3.63, 3.8) is 0 Å². The van der Waals surface area contributed by atoms with Crippen molar-refractivity contribution in [2.45, 2.75) is 52.1 Å². The van der Waals surface area contributed by atoms with Gasteiger partial charge in [-0.3, -0.25) is 19.4 Å². The molecule has 32 heavy (non-hydrogen) atoms. The Morgan fingerprint density at radius 3 is 2.75 bits per heavy atom. The van der Waals surface area contributed by atoms with E-state index in [1.807, 2.05) is 42.6 Å². The zero-order chi connectivity index (χ0) is 22.1. The summed E-state index contributed by atoms with van der Waals surface area (Å²) in [6.07, 6.45) is 7.55. The fraction of sp³-hybridized carbons (Fsp3) is 0.308. The van der Waals surface area contributed by atoms with Crippen molar-refractivity contribution in [2.75, 3.05) is 0 Å². The molecule has 0 unspecified atom stereocenters. The SMILES string of the molecule is CCC(CC)NC(=O)c1ccc2c(-c3c(-c4ccccn4)nn4c3CCC4)ccnc2c1. The van der Waals surface area contributed by atoms with Crippen LogP contribution in [0.4, 0.5) is 0 Å². The number of rotatable bonds is 6. The second-order valence-electron chi connectivity index (χ2n) is 8.29. The molecule has 0 aliphatic carbocycles. The standard InChI is InChI=1S/C26H27N5O/c1-3-18(4-2)29-26(32)17-10-11-19-20(12-14-28-22(19)16-17)24-23-9-7-15-31(23)30-25(24)21-8-5-6-13-27-21/h5-6,8,10-14,16,18H,3-4,7,9,15H2,1-2H3,(H,29,32). The number of hydrogen-bond donors (Lipinski definition) is 1. The van der Waals surface area contributed by atoms with Crippen molar-refractivity contribution in [1.82, 2.24) is 25.1 Å². The van der Waals surface area contributed by atoms with Gasteiger partial charge in [-0.15, -0.1) is 0 Å². The summed E-state index contributed by atoms with van der Waals surface area (Å²) in [5.41, 5.74) is 6.69. The monoisotopic (exact) mass is 425 g/mol. The van der Waals surface area contributed by atoms with Crippen molar-refractivity contribution >= 4 is 16.8 Å². The zero-order valence-corrected chi connectivity index (χ0v) is 18.5. The minimum atomic E-state index is -0.0478. The number of fused-ring (bicyclic) bond motifs is 2. The molecule has 0 fully saturated rings. The van der Waals surface area contributed by atoms with Crippen molar-refractivity contribution in [1.29, 1.82) is 0 Å². The minimum absolute atomic E-state index is 0.0478. The Hall–Kier alpha value is -3.54. The lowest BCUT2D eigenvalue weighted by Crippen LogP contribution is -2.33. The molecule has 1 aromatic carbocycles. The van der Waals surface area contributed by atoms with E-state index >= 15 is 0 Å². The van der Waals surface area contributed by atoms with E-state index in [0.29, 0.717) is 5.56 Å². The first-order valence-electron chi connectivity index (χ1n) is 11.4. The van der Waals surface area contributed by atoms with Crippen molar-refractivity contribution in [2.24, 2.45) is 0 Å². The summed E-state index contributed by atoms with van der Waals surface area (Å²) >= 11 is 0. The number of carbonyl (C=O) groups is 1. The fourth-order valence-electron chi connectivity index (χ4n) is 4.57. The number of nitrogens with zero attached hydrogens (tertiary/aromatic N) is 4. The molecular weight excluding hydrogens is 398 g/mol. The van der Waals surface area contributed by atoms with Gasteiger partial charge in [0.15, 0.2) is 0 Å². The first-order chi connectivity index (χ1) is 15.7. The third-order valence-electron chi connectivity index (χ3n) is 6.34. The molecule has 5 rings (SSSR count). The highest BCUT2D eigenvalue weighted by Gasteiger charge is 2.25. The van der Waals surface area contributed by atoms with Crippen LogP contribution in [-0.4, -0.2) is 31.7 Å². The van der Waals surface area contributed by atoms with E-state index in [1.54, 1.807) is 6.20 Å². The molecule has 6 heteroatoms. The molecule has 4 heterocycles. The zero-order valence-electron chi connectivity index (χ0n) is 18.5. The molecule has 1 amide bonds. The van der Waals surface area contributed by atoms with Crippen LogP contribution < -0.4 is 5.32 Å². The molecule has 0 radical (unpaired) electrons. The summed E-state index contributed by atoms with van der Waals surface area (Å²) < 4.78 is 2.11. The number of aromatic nitrogens is 4. The number of aryl methyl sites for hydroxylation is 1. The van der Waals surface area contributed by atoms with Crippen LogP contribution in [-0.2, 0) is 13.0 Å². The predicted octanol–water partition coefficient (Wildman–Crippen LogP) is 5.02. The molecule has 1 aliphatic rings. The smallest absolute Gasteiger partial charge is 0.251 e. The molecular formula is C26H27N5O. The largest absolute Gasteiger partial charge is 0.349 e. The summed E-state index contributed by atoms with van der Waals surface area (Å²) in [5, 5.41) is 9.05. The van der Waals surface area contributed by atoms with Gasteiger partial charge in [0.2, 0.25) is 0 Å². The van der Waals surface area contributed by atoms with E-state index in [4.69, 9.17) is 5.10 Å². The number of nitrogens with one attached hydrogen (secondary N) is 1. The lowest BCUT2D eigenvalue weighted by molar-refractivity contribution is 0.0935. The molecule has 6 nitrogen and oxygen atoms in total. The van der Waals surface area contributed by atoms with E-state index in [-0.39, 0.29) is 11.9 Å². The van der Waals surface area contributed by atoms with Crippen LogP contribution >= 0.6 is 0 Å². The van der Waals surface area contributed by atoms with E-state index in [1.165, 1.54) is 5.69 Å². The summed E-state index contributed by atoms with van der Waals surface area (Å²) in [7, 11) is 0. The van der Waals surface area contributed by atoms with Crippen LogP contribution in [0.5, 0.6) is 0 Å². The fourth-order valence-corrected chi connectivity index (χ4v) is 4.57. The summed E-state index contributed by atoms with van der Waals surface area (Å²) in [5.74, 6) is -0.0478. The Bertz CT molecular complexity index is 1270. The Balaban J connectivity index is 1.61. The highest BCUT2D eigenvalue weighted by Crippen LogP contribution is 2.39. The number of carbonyl (C=O) groups excluding carboxylic acids is 1. The van der Waals surface area contributed by atoms with Gasteiger partial charge in [-0.1, -0.05) is 26.0 Å². The van der Waals surface area contributed by atoms with Gasteiger partial charge in [0.1, 0.15) is 5.69 Å². The van der Waals surface area contributed by atoms with E-state index in [2.05, 4.69) is 39.9 Å². The van der Waals surface area contributed by atoms with Gasteiger partial charge in [0.05, 0.1) is 11.2 Å². The molecule has 162 valence electrons. The first kappa shape index (κ1) is 20.4. The van der Waals surface area contributed by atoms with Crippen molar-refractivity contribution < 1.29 is 4.79 Å². The molecule has 3 aromatic heterocycles. The van der Waals surface area contributed by atoms with Crippen LogP contribution in [0, 0.1) is 0 Å². The van der Waals surface area contributed by atoms with Crippen molar-refractivity contribution in [3.05, 3.63) is 66.1 Å². The van der Waals surface area contributed by atoms with Crippen LogP contribution in [0.1, 0.15) is 49.2 Å². The Morgan fingerprint density at radius 1 is 1.09 bits per heavy atom. The molecule has 4 aromatic rings. The van der Waals surface area contributed by atoms with Gasteiger partial charge in [-0.05, 0) is 61.6 Å². The number of pyridine rings is 2. The Labute approximate surface area is 187 Å². The molecule has 0 atom stereocenters. The highest BCUT2D eigenvalue weighted by molar-refractivity contribution is 6.03. The first-order valence-corrected chi connectivity index (χ1v) is 11.4. The van der Waals surface area contributed by atoms with Crippen LogP contribution in [0.25, 0.3) is 33.4 Å². The second kappa shape index (κ2) is 8.54. The minimum Gasteiger partial charge on any atom is -0.349 e. The van der Waals surface area contributed by atoms with Crippen LogP contribution in [0.3, 0.4) is 0 Å². The third kappa shape index (κ3) is 3.55. The summed E-state index contributed by atoms with van der Waals surface area (Å²) in [4.78, 5) is 21.9. The molecule has 1 N–H and O–H groups in total. The quantitative estimate of drug-likeness (QED) is 0.470. The van der Waals surface area contributed by atoms with Crippen LogP contribution in [0.15, 0.2) is 54.9 Å². The average Bonchev–Trinajstić information content (AvgIpc) is 3.44. The van der Waals surface area contributed by atoms with Gasteiger partial charge < -0.3 is 5.32 Å². The predicted molar refractivity (Wildman–Crippen MR) is 126 cm³/mol. The molecule has 1 aliphatic heterocycles. The second-order valence-corrected chi connectivity index (χ2v) is 8.29.